The second-order valence-electron chi connectivity index (χ2n) is 2.14. The van der Waals surface area contributed by atoms with Crippen LogP contribution in [0, 0.1) is 6.17 Å². The number of nitrogens with zero attached hydrogens (tertiary/aromatic N) is 3. The summed E-state index contributed by atoms with van der Waals surface area (Å²) in [6.45, 7) is 1.88. The number of rotatable bonds is 0. The summed E-state index contributed by atoms with van der Waals surface area (Å²) in [5.41, 5.74) is 0. The molecule has 1 aliphatic heterocycles. The van der Waals surface area contributed by atoms with Gasteiger partial charge in [-0.15, -0.1) is 0 Å². The highest BCUT2D eigenvalue weighted by Crippen LogP contribution is 1.99. The second-order valence-corrected chi connectivity index (χ2v) is 2.14. The zero-order valence-corrected chi connectivity index (χ0v) is 5.57. The van der Waals surface area contributed by atoms with Gasteiger partial charge in [0, 0.05) is 6.20 Å². The van der Waals surface area contributed by atoms with Crippen molar-refractivity contribution in [2.24, 2.45) is 9.98 Å². The Morgan fingerprint density at radius 2 is 2.00 bits per heavy atom. The molecule has 0 unspecified atom stereocenters. The van der Waals surface area contributed by atoms with Crippen molar-refractivity contribution in [3.63, 3.8) is 0 Å². The van der Waals surface area contributed by atoms with E-state index in [9.17, 15) is 0 Å². The Labute approximate surface area is 58.2 Å². The molecule has 0 aromatic carbocycles. The van der Waals surface area contributed by atoms with Crippen LogP contribution in [0.25, 0.3) is 0 Å². The number of fused-ring (bicyclic) bond motifs is 1. The van der Waals surface area contributed by atoms with Gasteiger partial charge in [0.15, 0.2) is 6.17 Å². The molecule has 0 spiro atoms. The number of aromatic nitrogens is 1. The first-order valence-electron chi connectivity index (χ1n) is 3.07. The van der Waals surface area contributed by atoms with Crippen LogP contribution in [0.1, 0.15) is 6.92 Å². The molecule has 1 radical (unpaired) electrons. The summed E-state index contributed by atoms with van der Waals surface area (Å²) in [6, 6.07) is 1.86. The molecule has 0 N–H and O–H groups in total. The fourth-order valence-corrected chi connectivity index (χ4v) is 0.933. The zero-order valence-electron chi connectivity index (χ0n) is 5.57. The van der Waals surface area contributed by atoms with Crippen molar-refractivity contribution >= 4 is 0 Å². The standard InChI is InChI=1S/C7H6N3/c1-5-9-6-2-3-8-4-7(6)10-5/h2-4H,1H3. The Morgan fingerprint density at radius 1 is 1.20 bits per heavy atom. The molecule has 1 aromatic heterocycles. The summed E-state index contributed by atoms with van der Waals surface area (Å²) < 4.78 is 0. The maximum absolute atomic E-state index is 4.16. The van der Waals surface area contributed by atoms with Crippen molar-refractivity contribution in [2.75, 3.05) is 0 Å². The van der Waals surface area contributed by atoms with Gasteiger partial charge in [0.2, 0.25) is 0 Å². The molecule has 0 amide bonds. The van der Waals surface area contributed by atoms with Gasteiger partial charge >= 0.3 is 0 Å². The third-order valence-electron chi connectivity index (χ3n) is 1.34. The first-order chi connectivity index (χ1) is 4.86. The van der Waals surface area contributed by atoms with E-state index < -0.39 is 0 Å². The second kappa shape index (κ2) is 1.87. The first-order valence-corrected chi connectivity index (χ1v) is 3.07. The molecule has 0 atom stereocenters. The minimum Gasteiger partial charge on any atom is -0.262 e. The van der Waals surface area contributed by atoms with E-state index in [4.69, 9.17) is 0 Å². The Balaban J connectivity index is 2.83. The average molecular weight is 132 g/mol. The summed E-state index contributed by atoms with van der Waals surface area (Å²) in [5.74, 6) is 0. The quantitative estimate of drug-likeness (QED) is 0.483. The first kappa shape index (κ1) is 5.53. The fraction of sp³-hybridized carbons (Fsp3) is 0.143. The third-order valence-corrected chi connectivity index (χ3v) is 1.34. The molecule has 2 heterocycles. The predicted molar refractivity (Wildman–Crippen MR) is 35.5 cm³/mol. The highest BCUT2D eigenvalue weighted by molar-refractivity contribution is 5.00. The molecule has 49 valence electrons. The van der Waals surface area contributed by atoms with Crippen molar-refractivity contribution in [2.45, 2.75) is 6.92 Å². The van der Waals surface area contributed by atoms with E-state index in [2.05, 4.69) is 15.0 Å². The van der Waals surface area contributed by atoms with Crippen molar-refractivity contribution < 1.29 is 0 Å². The SMILES string of the molecule is C[C]1N=c2ccncc2=N1. The van der Waals surface area contributed by atoms with Gasteiger partial charge in [-0.3, -0.25) is 4.98 Å². The summed E-state index contributed by atoms with van der Waals surface area (Å²) in [5, 5.41) is 1.80. The fourth-order valence-electron chi connectivity index (χ4n) is 0.933. The van der Waals surface area contributed by atoms with Crippen molar-refractivity contribution in [3.05, 3.63) is 35.3 Å². The maximum atomic E-state index is 4.16. The van der Waals surface area contributed by atoms with Gasteiger partial charge in [-0.05, 0) is 13.0 Å². The van der Waals surface area contributed by atoms with Gasteiger partial charge in [0.05, 0.1) is 11.6 Å². The molecule has 0 saturated heterocycles. The lowest BCUT2D eigenvalue weighted by molar-refractivity contribution is 0.987. The lowest BCUT2D eigenvalue weighted by Gasteiger charge is -1.83. The molecule has 3 heteroatoms. The predicted octanol–water partition coefficient (Wildman–Crippen LogP) is -0.156. The number of pyridine rings is 1. The van der Waals surface area contributed by atoms with Gasteiger partial charge in [-0.2, -0.15) is 0 Å². The summed E-state index contributed by atoms with van der Waals surface area (Å²) in [6.07, 6.45) is 4.24. The molecule has 0 aliphatic carbocycles. The lowest BCUT2D eigenvalue weighted by Crippen LogP contribution is -2.20. The maximum Gasteiger partial charge on any atom is 0.193 e. The Kier molecular flexibility index (Phi) is 1.03. The Hall–Kier alpha value is -1.25. The molecule has 1 aliphatic rings. The van der Waals surface area contributed by atoms with E-state index in [1.165, 1.54) is 0 Å². The van der Waals surface area contributed by atoms with Crippen LogP contribution in [0.15, 0.2) is 28.4 Å². The molecule has 2 rings (SSSR count). The number of hydrogen-bond acceptors (Lipinski definition) is 3. The van der Waals surface area contributed by atoms with Gasteiger partial charge in [0.1, 0.15) is 5.36 Å². The van der Waals surface area contributed by atoms with Crippen LogP contribution in [-0.4, -0.2) is 4.98 Å². The molecular weight excluding hydrogens is 126 g/mol. The lowest BCUT2D eigenvalue weighted by atomic mass is 10.4. The highest BCUT2D eigenvalue weighted by Gasteiger charge is 2.02. The highest BCUT2D eigenvalue weighted by atomic mass is 15.0. The van der Waals surface area contributed by atoms with Gasteiger partial charge < -0.3 is 0 Å². The van der Waals surface area contributed by atoms with Crippen LogP contribution in [0.4, 0.5) is 0 Å². The topological polar surface area (TPSA) is 37.6 Å². The van der Waals surface area contributed by atoms with Crippen molar-refractivity contribution in [1.82, 2.24) is 4.98 Å². The molecule has 0 fully saturated rings. The van der Waals surface area contributed by atoms with E-state index in [0.29, 0.717) is 0 Å². The molecule has 1 aromatic rings. The van der Waals surface area contributed by atoms with Crippen molar-refractivity contribution in [3.8, 4) is 0 Å². The van der Waals surface area contributed by atoms with E-state index >= 15 is 0 Å². The largest absolute Gasteiger partial charge is 0.262 e. The summed E-state index contributed by atoms with van der Waals surface area (Å²) in [4.78, 5) is 12.2. The Morgan fingerprint density at radius 3 is 2.80 bits per heavy atom. The van der Waals surface area contributed by atoms with Crippen LogP contribution >= 0.6 is 0 Å². The van der Waals surface area contributed by atoms with Gasteiger partial charge in [0.25, 0.3) is 0 Å². The van der Waals surface area contributed by atoms with Gasteiger partial charge in [-0.25, -0.2) is 9.98 Å². The summed E-state index contributed by atoms with van der Waals surface area (Å²) >= 11 is 0. The van der Waals surface area contributed by atoms with Crippen LogP contribution in [0.3, 0.4) is 0 Å². The van der Waals surface area contributed by atoms with E-state index in [1.807, 2.05) is 13.0 Å². The summed E-state index contributed by atoms with van der Waals surface area (Å²) in [7, 11) is 0. The minimum absolute atomic E-state index is 0.808. The van der Waals surface area contributed by atoms with Gasteiger partial charge in [-0.1, -0.05) is 0 Å². The van der Waals surface area contributed by atoms with E-state index in [-0.39, 0.29) is 0 Å². The van der Waals surface area contributed by atoms with E-state index in [0.717, 1.165) is 16.9 Å². The van der Waals surface area contributed by atoms with Crippen molar-refractivity contribution in [1.29, 1.82) is 0 Å². The van der Waals surface area contributed by atoms with E-state index in [1.54, 1.807) is 12.4 Å². The molecule has 0 saturated carbocycles. The Bertz CT molecular complexity index is 320. The normalized spacial score (nSPS) is 15.7. The smallest absolute Gasteiger partial charge is 0.193 e. The van der Waals surface area contributed by atoms with Crippen LogP contribution in [0.5, 0.6) is 0 Å². The number of hydrogen-bond donors (Lipinski definition) is 0. The average Bonchev–Trinajstić information content (AvgIpc) is 2.27. The monoisotopic (exact) mass is 132 g/mol. The minimum atomic E-state index is 0.808. The van der Waals surface area contributed by atoms with Crippen LogP contribution in [0.2, 0.25) is 0 Å². The third kappa shape index (κ3) is 0.708. The molecular formula is C7H6N3. The van der Waals surface area contributed by atoms with Crippen LogP contribution < -0.4 is 10.7 Å². The molecule has 3 nitrogen and oxygen atoms in total. The van der Waals surface area contributed by atoms with Crippen LogP contribution in [-0.2, 0) is 0 Å². The zero-order chi connectivity index (χ0) is 6.97. The molecule has 0 bridgehead atoms. The molecule has 10 heavy (non-hydrogen) atoms.